The number of rotatable bonds is 2. The molecule has 7 heteroatoms. The van der Waals surface area contributed by atoms with E-state index < -0.39 is 17.1 Å². The summed E-state index contributed by atoms with van der Waals surface area (Å²) in [5.41, 5.74) is 1.04. The largest absolute Gasteiger partial charge is 0.334 e. The number of aryl methyl sites for hydroxylation is 2. The summed E-state index contributed by atoms with van der Waals surface area (Å²) >= 11 is 0. The van der Waals surface area contributed by atoms with Gasteiger partial charge < -0.3 is 0 Å². The minimum atomic E-state index is -0.662. The first-order chi connectivity index (χ1) is 11.3. The molecule has 6 nitrogen and oxygen atoms in total. The van der Waals surface area contributed by atoms with E-state index in [9.17, 15) is 14.0 Å². The molecule has 0 fully saturated rings. The van der Waals surface area contributed by atoms with Crippen molar-refractivity contribution < 1.29 is 4.39 Å². The fraction of sp³-hybridized carbons (Fsp3) is 0.294. The normalized spacial score (nSPS) is 11.4. The molecule has 0 aliphatic carbocycles. The Morgan fingerprint density at radius 3 is 2.62 bits per heavy atom. The van der Waals surface area contributed by atoms with Crippen molar-refractivity contribution >= 4 is 11.0 Å². The van der Waals surface area contributed by atoms with Crippen LogP contribution in [-0.2, 0) is 0 Å². The molecule has 3 aromatic heterocycles. The van der Waals surface area contributed by atoms with E-state index in [1.807, 2.05) is 20.8 Å². The van der Waals surface area contributed by atoms with Crippen LogP contribution in [0.2, 0.25) is 0 Å². The van der Waals surface area contributed by atoms with Crippen LogP contribution in [0.3, 0.4) is 0 Å². The van der Waals surface area contributed by atoms with Crippen LogP contribution < -0.4 is 11.2 Å². The van der Waals surface area contributed by atoms with Crippen LogP contribution in [-0.4, -0.2) is 19.5 Å². The molecule has 0 spiro atoms. The number of aromatic nitrogens is 4. The Hall–Kier alpha value is -2.83. The molecule has 3 rings (SSSR count). The Morgan fingerprint density at radius 2 is 1.96 bits per heavy atom. The van der Waals surface area contributed by atoms with Crippen LogP contribution >= 0.6 is 0 Å². The lowest BCUT2D eigenvalue weighted by atomic mass is 10.0. The van der Waals surface area contributed by atoms with Crippen molar-refractivity contribution in [2.24, 2.45) is 0 Å². The highest BCUT2D eigenvalue weighted by Crippen LogP contribution is 2.25. The van der Waals surface area contributed by atoms with Gasteiger partial charge in [-0.25, -0.2) is 18.7 Å². The van der Waals surface area contributed by atoms with Gasteiger partial charge in [0.2, 0.25) is 0 Å². The molecule has 0 aliphatic heterocycles. The predicted octanol–water partition coefficient (Wildman–Crippen LogP) is 2.35. The highest BCUT2D eigenvalue weighted by molar-refractivity contribution is 5.76. The van der Waals surface area contributed by atoms with E-state index in [1.54, 1.807) is 12.3 Å². The van der Waals surface area contributed by atoms with Crippen LogP contribution in [0.1, 0.15) is 36.7 Å². The number of pyridine rings is 2. The first-order valence-corrected chi connectivity index (χ1v) is 7.59. The van der Waals surface area contributed by atoms with Gasteiger partial charge in [-0.05, 0) is 37.5 Å². The van der Waals surface area contributed by atoms with Gasteiger partial charge in [0, 0.05) is 6.20 Å². The maximum atomic E-state index is 13.8. The summed E-state index contributed by atoms with van der Waals surface area (Å²) in [7, 11) is 0. The zero-order chi connectivity index (χ0) is 17.6. The van der Waals surface area contributed by atoms with Gasteiger partial charge in [-0.3, -0.25) is 14.8 Å². The van der Waals surface area contributed by atoms with Gasteiger partial charge in [0.05, 0.1) is 22.5 Å². The van der Waals surface area contributed by atoms with Crippen LogP contribution in [0.15, 0.2) is 27.9 Å². The fourth-order valence-corrected chi connectivity index (χ4v) is 2.71. The summed E-state index contributed by atoms with van der Waals surface area (Å²) in [6, 6.07) is 2.88. The average Bonchev–Trinajstić information content (AvgIpc) is 2.50. The molecule has 0 saturated carbocycles. The lowest BCUT2D eigenvalue weighted by molar-refractivity contribution is 0.611. The number of nitrogens with zero attached hydrogens (tertiary/aromatic N) is 3. The quantitative estimate of drug-likeness (QED) is 0.783. The third kappa shape index (κ3) is 2.42. The standard InChI is InChI=1S/C17H17FN4O2/c1-8(2)13-14(9(3)5-6-19-13)22-15-11(16(23)21-17(22)24)7-12(18)10(4)20-15/h5-8H,1-4H3,(H,21,23,24). The second kappa shape index (κ2) is 5.67. The summed E-state index contributed by atoms with van der Waals surface area (Å²) in [5.74, 6) is -0.541. The molecule has 0 unspecified atom stereocenters. The lowest BCUT2D eigenvalue weighted by Gasteiger charge is -2.17. The van der Waals surface area contributed by atoms with Crippen molar-refractivity contribution in [3.05, 3.63) is 61.9 Å². The van der Waals surface area contributed by atoms with E-state index in [2.05, 4.69) is 15.0 Å². The Bertz CT molecular complexity index is 1070. The maximum Gasteiger partial charge on any atom is 0.334 e. The molecule has 1 N–H and O–H groups in total. The van der Waals surface area contributed by atoms with Crippen LogP contribution in [0, 0.1) is 19.7 Å². The minimum absolute atomic E-state index is 0.0238. The second-order valence-corrected chi connectivity index (χ2v) is 6.04. The number of nitrogens with one attached hydrogen (secondary N) is 1. The van der Waals surface area contributed by atoms with Gasteiger partial charge in [0.15, 0.2) is 5.65 Å². The minimum Gasteiger partial charge on any atom is -0.273 e. The van der Waals surface area contributed by atoms with Crippen LogP contribution in [0.25, 0.3) is 16.7 Å². The molecule has 24 heavy (non-hydrogen) atoms. The van der Waals surface area contributed by atoms with Gasteiger partial charge >= 0.3 is 5.69 Å². The van der Waals surface area contributed by atoms with Gasteiger partial charge in [0.1, 0.15) is 5.82 Å². The number of H-pyrrole nitrogens is 1. The fourth-order valence-electron chi connectivity index (χ4n) is 2.71. The Kier molecular flexibility index (Phi) is 3.79. The van der Waals surface area contributed by atoms with Gasteiger partial charge in [-0.1, -0.05) is 13.8 Å². The van der Waals surface area contributed by atoms with E-state index >= 15 is 0 Å². The summed E-state index contributed by atoms with van der Waals surface area (Å²) in [4.78, 5) is 35.3. The van der Waals surface area contributed by atoms with Crippen molar-refractivity contribution in [2.75, 3.05) is 0 Å². The van der Waals surface area contributed by atoms with Gasteiger partial charge in [-0.2, -0.15) is 0 Å². The third-order valence-electron chi connectivity index (χ3n) is 3.94. The van der Waals surface area contributed by atoms with Crippen molar-refractivity contribution in [1.82, 2.24) is 19.5 Å². The maximum absolute atomic E-state index is 13.8. The molecule has 0 aromatic carbocycles. The van der Waals surface area contributed by atoms with Crippen molar-refractivity contribution in [3.63, 3.8) is 0 Å². The Balaban J connectivity index is 2.56. The summed E-state index contributed by atoms with van der Waals surface area (Å²) in [5, 5.41) is 0.0238. The summed E-state index contributed by atoms with van der Waals surface area (Å²) in [6.45, 7) is 7.26. The van der Waals surface area contributed by atoms with E-state index in [-0.39, 0.29) is 22.6 Å². The van der Waals surface area contributed by atoms with Gasteiger partial charge in [0.25, 0.3) is 5.56 Å². The molecule has 0 bridgehead atoms. The van der Waals surface area contributed by atoms with E-state index in [1.165, 1.54) is 11.5 Å². The lowest BCUT2D eigenvalue weighted by Crippen LogP contribution is -2.31. The molecule has 0 radical (unpaired) electrons. The number of halogens is 1. The second-order valence-electron chi connectivity index (χ2n) is 6.04. The molecular weight excluding hydrogens is 311 g/mol. The zero-order valence-corrected chi connectivity index (χ0v) is 13.8. The number of fused-ring (bicyclic) bond motifs is 1. The number of hydrogen-bond donors (Lipinski definition) is 1. The number of hydrogen-bond acceptors (Lipinski definition) is 4. The first-order valence-electron chi connectivity index (χ1n) is 7.59. The van der Waals surface area contributed by atoms with Crippen molar-refractivity contribution in [2.45, 2.75) is 33.6 Å². The highest BCUT2D eigenvalue weighted by atomic mass is 19.1. The summed E-state index contributed by atoms with van der Waals surface area (Å²) < 4.78 is 15.1. The first kappa shape index (κ1) is 16.0. The predicted molar refractivity (Wildman–Crippen MR) is 89.3 cm³/mol. The van der Waals surface area contributed by atoms with E-state index in [0.29, 0.717) is 11.4 Å². The highest BCUT2D eigenvalue weighted by Gasteiger charge is 2.19. The van der Waals surface area contributed by atoms with Crippen LogP contribution in [0.4, 0.5) is 4.39 Å². The zero-order valence-electron chi connectivity index (χ0n) is 13.8. The molecule has 3 aromatic rings. The van der Waals surface area contributed by atoms with E-state index in [0.717, 1.165) is 11.6 Å². The van der Waals surface area contributed by atoms with Gasteiger partial charge in [-0.15, -0.1) is 0 Å². The molecular formula is C17H17FN4O2. The molecule has 0 saturated heterocycles. The SMILES string of the molecule is Cc1ccnc(C(C)C)c1-n1c(=O)[nH]c(=O)c2cc(F)c(C)nc21. The molecule has 3 heterocycles. The van der Waals surface area contributed by atoms with Crippen LogP contribution in [0.5, 0.6) is 0 Å². The molecule has 0 atom stereocenters. The Labute approximate surface area is 137 Å². The molecule has 124 valence electrons. The monoisotopic (exact) mass is 328 g/mol. The molecule has 0 amide bonds. The topological polar surface area (TPSA) is 80.6 Å². The van der Waals surface area contributed by atoms with Crippen molar-refractivity contribution in [1.29, 1.82) is 0 Å². The third-order valence-corrected chi connectivity index (χ3v) is 3.94. The summed E-state index contributed by atoms with van der Waals surface area (Å²) in [6.07, 6.45) is 1.67. The number of aromatic amines is 1. The Morgan fingerprint density at radius 1 is 1.25 bits per heavy atom. The van der Waals surface area contributed by atoms with Crippen molar-refractivity contribution in [3.8, 4) is 5.69 Å². The molecule has 0 aliphatic rings. The average molecular weight is 328 g/mol. The van der Waals surface area contributed by atoms with E-state index in [4.69, 9.17) is 0 Å². The smallest absolute Gasteiger partial charge is 0.273 e.